The minimum Gasteiger partial charge on any atom is -0.364 e. The van der Waals surface area contributed by atoms with Crippen LogP contribution in [0.5, 0.6) is 0 Å². The second kappa shape index (κ2) is 5.52. The highest BCUT2D eigenvalue weighted by molar-refractivity contribution is 7.11. The maximum Gasteiger partial charge on any atom is 0.283 e. The van der Waals surface area contributed by atoms with Gasteiger partial charge in [0.15, 0.2) is 5.01 Å². The average Bonchev–Trinajstić information content (AvgIpc) is 3.06. The van der Waals surface area contributed by atoms with E-state index in [1.54, 1.807) is 18.0 Å². The number of carbonyl (C=O) groups excluding carboxylic acids is 1. The minimum absolute atomic E-state index is 0.0904. The molecule has 0 bridgehead atoms. The van der Waals surface area contributed by atoms with Crippen molar-refractivity contribution in [3.8, 4) is 0 Å². The van der Waals surface area contributed by atoms with Crippen molar-refractivity contribution in [3.63, 3.8) is 0 Å². The van der Waals surface area contributed by atoms with Crippen LogP contribution < -0.4 is 0 Å². The Balaban J connectivity index is 2.14. The Morgan fingerprint density at radius 3 is 2.63 bits per heavy atom. The predicted molar refractivity (Wildman–Crippen MR) is 73.2 cm³/mol. The molecule has 0 saturated heterocycles. The number of rotatable bonds is 4. The highest BCUT2D eigenvalue weighted by atomic mass is 32.1. The maximum atomic E-state index is 12.3. The molecule has 2 heterocycles. The summed E-state index contributed by atoms with van der Waals surface area (Å²) in [6.45, 7) is 6.03. The molecule has 0 radical (unpaired) electrons. The molecule has 0 aliphatic rings. The molecule has 2 aromatic heterocycles. The van der Waals surface area contributed by atoms with Gasteiger partial charge < -0.3 is 9.42 Å². The lowest BCUT2D eigenvalue weighted by atomic mass is 10.2. The fourth-order valence-corrected chi connectivity index (χ4v) is 2.57. The smallest absolute Gasteiger partial charge is 0.283 e. The third kappa shape index (κ3) is 2.84. The third-order valence-corrected chi connectivity index (χ3v) is 3.93. The van der Waals surface area contributed by atoms with Crippen molar-refractivity contribution in [2.24, 2.45) is 0 Å². The molecule has 0 saturated carbocycles. The topological polar surface area (TPSA) is 59.2 Å². The van der Waals surface area contributed by atoms with Crippen LogP contribution in [0, 0.1) is 0 Å². The lowest BCUT2D eigenvalue weighted by Crippen LogP contribution is -2.29. The highest BCUT2D eigenvalue weighted by Gasteiger charge is 2.23. The molecule has 102 valence electrons. The Morgan fingerprint density at radius 1 is 1.37 bits per heavy atom. The molecule has 0 unspecified atom stereocenters. The zero-order valence-corrected chi connectivity index (χ0v) is 12.3. The Kier molecular flexibility index (Phi) is 3.99. The average molecular weight is 279 g/mol. The largest absolute Gasteiger partial charge is 0.364 e. The normalized spacial score (nSPS) is 12.7. The zero-order chi connectivity index (χ0) is 14.0. The van der Waals surface area contributed by atoms with E-state index in [0.29, 0.717) is 10.9 Å². The van der Waals surface area contributed by atoms with Crippen molar-refractivity contribution in [1.82, 2.24) is 15.0 Å². The number of aromatic nitrogens is 2. The van der Waals surface area contributed by atoms with E-state index >= 15 is 0 Å². The van der Waals surface area contributed by atoms with E-state index in [2.05, 4.69) is 24.0 Å². The minimum atomic E-state index is -0.141. The molecular weight excluding hydrogens is 262 g/mol. The van der Waals surface area contributed by atoms with Gasteiger partial charge in [-0.05, 0) is 12.8 Å². The van der Waals surface area contributed by atoms with Gasteiger partial charge in [-0.1, -0.05) is 19.0 Å². The first-order chi connectivity index (χ1) is 9.00. The number of carbonyl (C=O) groups is 1. The SMILES string of the molecule is CC(C)c1csc(C(=O)N(C)[C@@H](C)c2ccon2)n1. The Bertz CT molecular complexity index is 548. The van der Waals surface area contributed by atoms with Gasteiger partial charge in [0, 0.05) is 18.5 Å². The van der Waals surface area contributed by atoms with Gasteiger partial charge in [0.2, 0.25) is 0 Å². The van der Waals surface area contributed by atoms with Gasteiger partial charge in [-0.2, -0.15) is 0 Å². The summed E-state index contributed by atoms with van der Waals surface area (Å²) >= 11 is 1.38. The monoisotopic (exact) mass is 279 g/mol. The molecule has 1 atom stereocenters. The second-order valence-electron chi connectivity index (χ2n) is 4.75. The van der Waals surface area contributed by atoms with Crippen molar-refractivity contribution in [1.29, 1.82) is 0 Å². The number of amides is 1. The third-order valence-electron chi connectivity index (χ3n) is 3.08. The van der Waals surface area contributed by atoms with Crippen LogP contribution in [0.3, 0.4) is 0 Å². The van der Waals surface area contributed by atoms with Gasteiger partial charge in [-0.3, -0.25) is 4.79 Å². The molecule has 2 aromatic rings. The van der Waals surface area contributed by atoms with Crippen molar-refractivity contribution >= 4 is 17.2 Å². The van der Waals surface area contributed by atoms with Crippen LogP contribution in [0.2, 0.25) is 0 Å². The molecule has 0 aromatic carbocycles. The molecule has 2 rings (SSSR count). The molecule has 0 aliphatic carbocycles. The van der Waals surface area contributed by atoms with Crippen LogP contribution in [0.4, 0.5) is 0 Å². The lowest BCUT2D eigenvalue weighted by molar-refractivity contribution is 0.0737. The van der Waals surface area contributed by atoms with E-state index < -0.39 is 0 Å². The summed E-state index contributed by atoms with van der Waals surface area (Å²) in [5.74, 6) is 0.239. The Morgan fingerprint density at radius 2 is 2.11 bits per heavy atom. The zero-order valence-electron chi connectivity index (χ0n) is 11.5. The van der Waals surface area contributed by atoms with E-state index in [4.69, 9.17) is 4.52 Å². The molecule has 5 nitrogen and oxygen atoms in total. The highest BCUT2D eigenvalue weighted by Crippen LogP contribution is 2.22. The summed E-state index contributed by atoms with van der Waals surface area (Å²) in [6.07, 6.45) is 1.50. The predicted octanol–water partition coefficient (Wildman–Crippen LogP) is 3.09. The van der Waals surface area contributed by atoms with Crippen LogP contribution in [0.15, 0.2) is 22.2 Å². The molecule has 19 heavy (non-hydrogen) atoms. The fourth-order valence-electron chi connectivity index (χ4n) is 1.61. The Labute approximate surface area is 116 Å². The van der Waals surface area contributed by atoms with Crippen LogP contribution in [-0.4, -0.2) is 28.0 Å². The van der Waals surface area contributed by atoms with E-state index in [1.807, 2.05) is 12.3 Å². The van der Waals surface area contributed by atoms with Crippen LogP contribution in [0.1, 0.15) is 53.9 Å². The lowest BCUT2D eigenvalue weighted by Gasteiger charge is -2.21. The van der Waals surface area contributed by atoms with E-state index in [1.165, 1.54) is 17.6 Å². The number of hydrogen-bond donors (Lipinski definition) is 0. The molecule has 0 spiro atoms. The first-order valence-electron chi connectivity index (χ1n) is 6.13. The molecule has 1 amide bonds. The van der Waals surface area contributed by atoms with Crippen molar-refractivity contribution in [2.75, 3.05) is 7.05 Å². The summed E-state index contributed by atoms with van der Waals surface area (Å²) in [5, 5.41) is 6.31. The second-order valence-corrected chi connectivity index (χ2v) is 5.61. The van der Waals surface area contributed by atoms with Gasteiger partial charge in [0.05, 0.1) is 11.7 Å². The molecule has 0 aliphatic heterocycles. The summed E-state index contributed by atoms with van der Waals surface area (Å²) in [5.41, 5.74) is 1.69. The molecule has 0 fully saturated rings. The van der Waals surface area contributed by atoms with Gasteiger partial charge in [-0.25, -0.2) is 4.98 Å². The van der Waals surface area contributed by atoms with Gasteiger partial charge >= 0.3 is 0 Å². The van der Waals surface area contributed by atoms with Gasteiger partial charge in [0.1, 0.15) is 12.0 Å². The molecular formula is C13H17N3O2S. The first kappa shape index (κ1) is 13.7. The fraction of sp³-hybridized carbons (Fsp3) is 0.462. The maximum absolute atomic E-state index is 12.3. The summed E-state index contributed by atoms with van der Waals surface area (Å²) in [4.78, 5) is 18.3. The van der Waals surface area contributed by atoms with E-state index in [-0.39, 0.29) is 11.9 Å². The van der Waals surface area contributed by atoms with Crippen molar-refractivity contribution in [3.05, 3.63) is 34.1 Å². The summed E-state index contributed by atoms with van der Waals surface area (Å²) in [6, 6.07) is 1.62. The summed E-state index contributed by atoms with van der Waals surface area (Å²) < 4.78 is 4.81. The van der Waals surface area contributed by atoms with Crippen LogP contribution >= 0.6 is 11.3 Å². The van der Waals surface area contributed by atoms with E-state index in [0.717, 1.165) is 11.4 Å². The molecule has 6 heteroatoms. The van der Waals surface area contributed by atoms with Crippen LogP contribution in [0.25, 0.3) is 0 Å². The number of hydrogen-bond acceptors (Lipinski definition) is 5. The number of nitrogens with zero attached hydrogens (tertiary/aromatic N) is 3. The van der Waals surface area contributed by atoms with E-state index in [9.17, 15) is 4.79 Å². The summed E-state index contributed by atoms with van der Waals surface area (Å²) in [7, 11) is 1.75. The quantitative estimate of drug-likeness (QED) is 0.863. The van der Waals surface area contributed by atoms with Crippen LogP contribution in [-0.2, 0) is 0 Å². The Hall–Kier alpha value is -1.69. The standard InChI is InChI=1S/C13H17N3O2S/c1-8(2)11-7-19-12(14-11)13(17)16(4)9(3)10-5-6-18-15-10/h5-9H,1-4H3/t9-/m0/s1. The van der Waals surface area contributed by atoms with Gasteiger partial charge in [-0.15, -0.1) is 11.3 Å². The first-order valence-corrected chi connectivity index (χ1v) is 7.01. The number of thiazole rings is 1. The van der Waals surface area contributed by atoms with Crippen molar-refractivity contribution in [2.45, 2.75) is 32.7 Å². The van der Waals surface area contributed by atoms with Crippen molar-refractivity contribution < 1.29 is 9.32 Å². The molecule has 0 N–H and O–H groups in total. The van der Waals surface area contributed by atoms with Gasteiger partial charge in [0.25, 0.3) is 5.91 Å².